The molecule has 2 aromatic rings. The highest BCUT2D eigenvalue weighted by Gasteiger charge is 2.19. The van der Waals surface area contributed by atoms with Gasteiger partial charge in [-0.1, -0.05) is 20.8 Å². The molecule has 0 aliphatic rings. The first kappa shape index (κ1) is 13.1. The summed E-state index contributed by atoms with van der Waals surface area (Å²) >= 11 is 0. The van der Waals surface area contributed by atoms with Gasteiger partial charge in [0.25, 0.3) is 0 Å². The van der Waals surface area contributed by atoms with Crippen molar-refractivity contribution in [2.45, 2.75) is 26.2 Å². The summed E-state index contributed by atoms with van der Waals surface area (Å²) in [5.41, 5.74) is 1.49. The molecule has 0 aliphatic heterocycles. The number of aryl methyl sites for hydroxylation is 1. The molecular formula is C14H17N5. The van der Waals surface area contributed by atoms with Crippen LogP contribution in [0.5, 0.6) is 0 Å². The van der Waals surface area contributed by atoms with E-state index in [4.69, 9.17) is 5.26 Å². The number of anilines is 2. The van der Waals surface area contributed by atoms with Gasteiger partial charge >= 0.3 is 0 Å². The molecule has 1 N–H and O–H groups in total. The number of hydrogen-bond acceptors (Lipinski definition) is 4. The fourth-order valence-corrected chi connectivity index (χ4v) is 1.86. The van der Waals surface area contributed by atoms with Gasteiger partial charge < -0.3 is 5.32 Å². The van der Waals surface area contributed by atoms with Gasteiger partial charge in [0.15, 0.2) is 0 Å². The van der Waals surface area contributed by atoms with Crippen LogP contribution in [0, 0.1) is 11.3 Å². The fraction of sp³-hybridized carbons (Fsp3) is 0.357. The van der Waals surface area contributed by atoms with Crippen molar-refractivity contribution in [3.05, 3.63) is 35.7 Å². The van der Waals surface area contributed by atoms with Gasteiger partial charge in [-0.2, -0.15) is 10.4 Å². The van der Waals surface area contributed by atoms with Gasteiger partial charge in [-0.05, 0) is 17.0 Å². The average molecular weight is 255 g/mol. The van der Waals surface area contributed by atoms with Crippen LogP contribution >= 0.6 is 0 Å². The fourth-order valence-electron chi connectivity index (χ4n) is 1.86. The van der Waals surface area contributed by atoms with Crippen LogP contribution in [-0.2, 0) is 12.5 Å². The Hall–Kier alpha value is -2.35. The van der Waals surface area contributed by atoms with Crippen LogP contribution in [0.25, 0.3) is 0 Å². The van der Waals surface area contributed by atoms with E-state index < -0.39 is 0 Å². The Morgan fingerprint density at radius 3 is 2.63 bits per heavy atom. The molecule has 19 heavy (non-hydrogen) atoms. The highest BCUT2D eigenvalue weighted by Crippen LogP contribution is 2.27. The standard InChI is InChI=1S/C14H17N5/c1-14(2,3)11-7-12(16-9-10(11)8-15)18-13-5-6-17-19(13)4/h5-7,9H,1-4H3,(H,16,18). The maximum atomic E-state index is 9.15. The predicted octanol–water partition coefficient (Wildman–Crippen LogP) is 2.73. The third-order valence-corrected chi connectivity index (χ3v) is 2.91. The molecule has 0 aromatic carbocycles. The average Bonchev–Trinajstić information content (AvgIpc) is 2.74. The maximum absolute atomic E-state index is 9.15. The molecule has 5 nitrogen and oxygen atoms in total. The zero-order chi connectivity index (χ0) is 14.0. The molecule has 5 heteroatoms. The summed E-state index contributed by atoms with van der Waals surface area (Å²) in [6.07, 6.45) is 3.33. The van der Waals surface area contributed by atoms with Crippen molar-refractivity contribution in [3.63, 3.8) is 0 Å². The van der Waals surface area contributed by atoms with E-state index in [2.05, 4.69) is 42.2 Å². The predicted molar refractivity (Wildman–Crippen MR) is 74.1 cm³/mol. The van der Waals surface area contributed by atoms with Crippen molar-refractivity contribution in [2.75, 3.05) is 5.32 Å². The van der Waals surface area contributed by atoms with Crippen LogP contribution in [0.2, 0.25) is 0 Å². The van der Waals surface area contributed by atoms with E-state index in [1.807, 2.05) is 19.2 Å². The molecule has 0 unspecified atom stereocenters. The summed E-state index contributed by atoms with van der Waals surface area (Å²) in [5, 5.41) is 16.4. The van der Waals surface area contributed by atoms with Crippen LogP contribution in [0.4, 0.5) is 11.6 Å². The first-order valence-electron chi connectivity index (χ1n) is 6.07. The molecular weight excluding hydrogens is 238 g/mol. The van der Waals surface area contributed by atoms with E-state index in [0.29, 0.717) is 11.4 Å². The second kappa shape index (κ2) is 4.73. The van der Waals surface area contributed by atoms with Gasteiger partial charge in [-0.3, -0.25) is 4.68 Å². The lowest BCUT2D eigenvalue weighted by atomic mass is 9.85. The molecule has 0 spiro atoms. The van der Waals surface area contributed by atoms with Crippen molar-refractivity contribution in [3.8, 4) is 6.07 Å². The molecule has 0 amide bonds. The van der Waals surface area contributed by atoms with Crippen molar-refractivity contribution >= 4 is 11.6 Å². The lowest BCUT2D eigenvalue weighted by molar-refractivity contribution is 0.588. The zero-order valence-corrected chi connectivity index (χ0v) is 11.6. The number of nitriles is 1. The minimum atomic E-state index is -0.100. The van der Waals surface area contributed by atoms with Gasteiger partial charge in [-0.25, -0.2) is 4.98 Å². The summed E-state index contributed by atoms with van der Waals surface area (Å²) in [7, 11) is 1.86. The molecule has 0 saturated heterocycles. The second-order valence-electron chi connectivity index (χ2n) is 5.44. The molecule has 0 fully saturated rings. The van der Waals surface area contributed by atoms with E-state index in [1.165, 1.54) is 0 Å². The van der Waals surface area contributed by atoms with E-state index >= 15 is 0 Å². The number of hydrogen-bond donors (Lipinski definition) is 1. The summed E-state index contributed by atoms with van der Waals surface area (Å²) in [6.45, 7) is 6.24. The van der Waals surface area contributed by atoms with Gasteiger partial charge in [0, 0.05) is 19.3 Å². The zero-order valence-electron chi connectivity index (χ0n) is 11.6. The highest BCUT2D eigenvalue weighted by molar-refractivity contribution is 5.55. The lowest BCUT2D eigenvalue weighted by Crippen LogP contribution is -2.14. The molecule has 2 heterocycles. The van der Waals surface area contributed by atoms with Crippen LogP contribution in [0.15, 0.2) is 24.5 Å². The van der Waals surface area contributed by atoms with Crippen LogP contribution in [0.1, 0.15) is 31.9 Å². The summed E-state index contributed by atoms with van der Waals surface area (Å²) < 4.78 is 1.73. The monoisotopic (exact) mass is 255 g/mol. The SMILES string of the molecule is Cn1nccc1Nc1cc(C(C)(C)C)c(C#N)cn1. The Balaban J connectivity index is 2.39. The summed E-state index contributed by atoms with van der Waals surface area (Å²) in [4.78, 5) is 4.26. The van der Waals surface area contributed by atoms with Crippen LogP contribution in [-0.4, -0.2) is 14.8 Å². The quantitative estimate of drug-likeness (QED) is 0.896. The Morgan fingerprint density at radius 1 is 1.37 bits per heavy atom. The van der Waals surface area contributed by atoms with Gasteiger partial charge in [-0.15, -0.1) is 0 Å². The molecule has 2 aromatic heterocycles. The molecule has 98 valence electrons. The summed E-state index contributed by atoms with van der Waals surface area (Å²) in [6, 6.07) is 5.99. The Morgan fingerprint density at radius 2 is 2.11 bits per heavy atom. The topological polar surface area (TPSA) is 66.5 Å². The van der Waals surface area contributed by atoms with E-state index in [9.17, 15) is 0 Å². The van der Waals surface area contributed by atoms with E-state index in [1.54, 1.807) is 17.1 Å². The Labute approximate surface area is 112 Å². The van der Waals surface area contributed by atoms with Gasteiger partial charge in [0.2, 0.25) is 0 Å². The first-order valence-corrected chi connectivity index (χ1v) is 6.07. The third kappa shape index (κ3) is 2.74. The van der Waals surface area contributed by atoms with Crippen LogP contribution in [0.3, 0.4) is 0 Å². The number of nitrogens with one attached hydrogen (secondary N) is 1. The lowest BCUT2D eigenvalue weighted by Gasteiger charge is -2.21. The third-order valence-electron chi connectivity index (χ3n) is 2.91. The molecule has 0 bridgehead atoms. The van der Waals surface area contributed by atoms with E-state index in [-0.39, 0.29) is 5.41 Å². The minimum absolute atomic E-state index is 0.100. The normalized spacial score (nSPS) is 11.1. The van der Waals surface area contributed by atoms with Crippen LogP contribution < -0.4 is 5.32 Å². The van der Waals surface area contributed by atoms with Gasteiger partial charge in [0.05, 0.1) is 11.8 Å². The molecule has 0 atom stereocenters. The minimum Gasteiger partial charge on any atom is -0.325 e. The number of nitrogens with zero attached hydrogens (tertiary/aromatic N) is 4. The summed E-state index contributed by atoms with van der Waals surface area (Å²) in [5.74, 6) is 1.57. The maximum Gasteiger partial charge on any atom is 0.131 e. The molecule has 2 rings (SSSR count). The van der Waals surface area contributed by atoms with E-state index in [0.717, 1.165) is 11.4 Å². The van der Waals surface area contributed by atoms with Gasteiger partial charge in [0.1, 0.15) is 17.7 Å². The molecule has 0 aliphatic carbocycles. The first-order chi connectivity index (χ1) is 8.91. The Bertz CT molecular complexity index is 628. The second-order valence-corrected chi connectivity index (χ2v) is 5.44. The number of pyridine rings is 1. The highest BCUT2D eigenvalue weighted by atomic mass is 15.3. The smallest absolute Gasteiger partial charge is 0.131 e. The number of rotatable bonds is 2. The Kier molecular flexibility index (Phi) is 3.26. The largest absolute Gasteiger partial charge is 0.325 e. The van der Waals surface area contributed by atoms with Crippen molar-refractivity contribution in [1.29, 1.82) is 5.26 Å². The van der Waals surface area contributed by atoms with Crippen molar-refractivity contribution < 1.29 is 0 Å². The number of aromatic nitrogens is 3. The molecule has 0 radical (unpaired) electrons. The molecule has 0 saturated carbocycles. The van der Waals surface area contributed by atoms with Crippen molar-refractivity contribution in [1.82, 2.24) is 14.8 Å². The van der Waals surface area contributed by atoms with Crippen molar-refractivity contribution in [2.24, 2.45) is 7.05 Å².